The van der Waals surface area contributed by atoms with Crippen LogP contribution in [-0.2, 0) is 86.7 Å². The van der Waals surface area contributed by atoms with E-state index in [1.165, 1.54) is 99.4 Å². The third-order valence-electron chi connectivity index (χ3n) is 1.99. The van der Waals surface area contributed by atoms with Gasteiger partial charge in [0, 0.05) is 13.5 Å². The summed E-state index contributed by atoms with van der Waals surface area (Å²) in [4.78, 5) is 37.9. The van der Waals surface area contributed by atoms with E-state index in [4.69, 9.17) is 4.74 Å². The Kier molecular flexibility index (Phi) is 105. The molecule has 0 bridgehead atoms. The van der Waals surface area contributed by atoms with E-state index in [2.05, 4.69) is 67.1 Å². The van der Waals surface area contributed by atoms with Gasteiger partial charge in [0.25, 0.3) is 0 Å². The van der Waals surface area contributed by atoms with Crippen molar-refractivity contribution in [2.45, 2.75) is 164 Å². The fourth-order valence-corrected chi connectivity index (χ4v) is 1.02. The fourth-order valence-electron chi connectivity index (χ4n) is 1.02. The zero-order valence-electron chi connectivity index (χ0n) is 29.0. The molecule has 0 rings (SSSR count). The molecular weight excluding hydrogens is 1040 g/mol. The molecule has 0 aliphatic carbocycles. The summed E-state index contributed by atoms with van der Waals surface area (Å²) in [6.07, 6.45) is 7.05. The Balaban J connectivity index is -0.0000000362. The topological polar surface area (TPSA) is 86.7 Å². The molecule has 42 heavy (non-hydrogen) atoms. The zero-order valence-corrected chi connectivity index (χ0v) is 37.8. The molecule has 6 nitrogen and oxygen atoms in total. The van der Waals surface area contributed by atoms with Crippen LogP contribution in [0.4, 0.5) is 0 Å². The van der Waals surface area contributed by atoms with Crippen molar-refractivity contribution < 1.29 is 86.7 Å². The van der Waals surface area contributed by atoms with Crippen LogP contribution >= 0.6 is 0 Å². The van der Waals surface area contributed by atoms with Crippen LogP contribution in [0.3, 0.4) is 0 Å². The Morgan fingerprint density at radius 3 is 0.881 bits per heavy atom. The summed E-state index contributed by atoms with van der Waals surface area (Å²) in [7, 11) is 1.35. The van der Waals surface area contributed by atoms with Crippen LogP contribution < -0.4 is 0 Å². The Labute approximate surface area is 297 Å². The number of Topliss-reactive ketones (excluding diaryl/α,β-unsaturated/α-hetero) is 3. The first-order chi connectivity index (χ1) is 17.9. The van der Waals surface area contributed by atoms with E-state index in [1.54, 1.807) is 58.1 Å². The van der Waals surface area contributed by atoms with Gasteiger partial charge in [-0.1, -0.05) is 47.5 Å². The van der Waals surface area contributed by atoms with Crippen molar-refractivity contribution in [3.63, 3.8) is 0 Å². The van der Waals surface area contributed by atoms with Crippen molar-refractivity contribution in [2.75, 3.05) is 13.7 Å². The first-order valence-corrected chi connectivity index (χ1v) is 17.8. The van der Waals surface area contributed by atoms with Gasteiger partial charge in [0.1, 0.15) is 17.3 Å². The van der Waals surface area contributed by atoms with E-state index in [1.807, 2.05) is 0 Å². The van der Waals surface area contributed by atoms with Crippen LogP contribution in [0.5, 0.6) is 0 Å². The van der Waals surface area contributed by atoms with Crippen LogP contribution in [0, 0.1) is 0 Å². The van der Waals surface area contributed by atoms with Gasteiger partial charge in [0.05, 0.1) is 13.2 Å². The van der Waals surface area contributed by atoms with E-state index in [0.29, 0.717) is 6.10 Å². The van der Waals surface area contributed by atoms with Crippen LogP contribution in [0.25, 0.3) is 0 Å². The molecule has 0 heterocycles. The Hall–Kier alpha value is 0.115. The summed E-state index contributed by atoms with van der Waals surface area (Å²) >= 11 is 4.78. The molecule has 0 N–H and O–H groups in total. The van der Waals surface area contributed by atoms with Crippen molar-refractivity contribution >= 4 is 35.0 Å². The number of carbonyl (C=O) groups excluding carboxylic acids is 4. The van der Waals surface area contributed by atoms with E-state index in [-0.39, 0.29) is 38.2 Å². The second-order valence-electron chi connectivity index (χ2n) is 9.48. The SMILES string of the molecule is C.C.CC(C)=O.CC(C)=O.CC(C)=O.CCCCCCCOC(C)C.COC(C)=O.C[C](C)=[W].C[C](C)=[W].C[C](C)=[W]. The van der Waals surface area contributed by atoms with E-state index >= 15 is 0 Å². The molecule has 0 aromatic carbocycles. The average Bonchev–Trinajstić information content (AvgIpc) is 2.68. The van der Waals surface area contributed by atoms with Gasteiger partial charge in [-0.3, -0.25) is 4.79 Å². The molecule has 0 aromatic rings. The molecule has 0 aromatic heterocycles. The summed E-state index contributed by atoms with van der Waals surface area (Å²) in [6, 6.07) is 0. The van der Waals surface area contributed by atoms with Crippen LogP contribution in [0.1, 0.15) is 158 Å². The second kappa shape index (κ2) is 64.2. The molecule has 0 fully saturated rings. The molecule has 0 saturated heterocycles. The molecule has 9 heteroatoms. The van der Waals surface area contributed by atoms with Crippen molar-refractivity contribution in [1.82, 2.24) is 0 Å². The molecular formula is C33H72O6W3. The predicted molar refractivity (Wildman–Crippen MR) is 179 cm³/mol. The van der Waals surface area contributed by atoms with Crippen molar-refractivity contribution in [2.24, 2.45) is 0 Å². The maximum absolute atomic E-state index is 9.59. The fraction of sp³-hybridized carbons (Fsp3) is 0.788. The zero-order chi connectivity index (χ0) is 34.3. The minimum atomic E-state index is -0.245. The Morgan fingerprint density at radius 1 is 0.548 bits per heavy atom. The summed E-state index contributed by atoms with van der Waals surface area (Å²) < 4.78 is 14.0. The normalized spacial score (nSPS) is 7.38. The van der Waals surface area contributed by atoms with Gasteiger partial charge < -0.3 is 23.9 Å². The molecule has 0 atom stereocenters. The number of methoxy groups -OCH3 is 1. The number of carbonyl (C=O) groups is 4. The van der Waals surface area contributed by atoms with E-state index in [0.717, 1.165) is 6.61 Å². The first kappa shape index (κ1) is 69.0. The van der Waals surface area contributed by atoms with E-state index in [9.17, 15) is 19.2 Å². The third kappa shape index (κ3) is 600. The monoisotopic (exact) mass is 1120 g/mol. The van der Waals surface area contributed by atoms with E-state index < -0.39 is 0 Å². The average molecular weight is 1120 g/mol. The molecule has 0 aliphatic rings. The molecule has 258 valence electrons. The number of hydrogen-bond donors (Lipinski definition) is 0. The van der Waals surface area contributed by atoms with Crippen molar-refractivity contribution in [3.05, 3.63) is 0 Å². The van der Waals surface area contributed by atoms with Crippen LogP contribution in [-0.4, -0.2) is 54.8 Å². The summed E-state index contributed by atoms with van der Waals surface area (Å²) in [5.74, 6) is 0.255. The number of ketones is 3. The van der Waals surface area contributed by atoms with Crippen molar-refractivity contribution in [3.8, 4) is 0 Å². The van der Waals surface area contributed by atoms with Crippen LogP contribution in [0.2, 0.25) is 0 Å². The number of ether oxygens (including phenoxy) is 2. The van der Waals surface area contributed by atoms with Gasteiger partial charge in [0.2, 0.25) is 0 Å². The van der Waals surface area contributed by atoms with Gasteiger partial charge in [-0.2, -0.15) is 0 Å². The quantitative estimate of drug-likeness (QED) is 0.187. The minimum absolute atomic E-state index is 0. The summed E-state index contributed by atoms with van der Waals surface area (Å²) in [5.41, 5.74) is 0. The maximum atomic E-state index is 9.59. The predicted octanol–water partition coefficient (Wildman–Crippen LogP) is 8.86. The Morgan fingerprint density at radius 2 is 0.738 bits per heavy atom. The van der Waals surface area contributed by atoms with Gasteiger partial charge in [-0.15, -0.1) is 0 Å². The van der Waals surface area contributed by atoms with Gasteiger partial charge in [-0.05, 0) is 61.8 Å². The van der Waals surface area contributed by atoms with Gasteiger partial charge >= 0.3 is 117 Å². The number of esters is 1. The Bertz CT molecular complexity index is 500. The summed E-state index contributed by atoms with van der Waals surface area (Å²) in [5, 5.41) is 0. The molecule has 0 unspecified atom stereocenters. The molecule has 0 spiro atoms. The third-order valence-corrected chi connectivity index (χ3v) is 1.99. The molecule has 0 radical (unpaired) electrons. The van der Waals surface area contributed by atoms with Crippen LogP contribution in [0.15, 0.2) is 0 Å². The second-order valence-corrected chi connectivity index (χ2v) is 18.3. The van der Waals surface area contributed by atoms with Crippen molar-refractivity contribution in [1.29, 1.82) is 0 Å². The summed E-state index contributed by atoms with van der Waals surface area (Å²) in [6.45, 7) is 30.6. The molecule has 0 saturated carbocycles. The molecule has 0 amide bonds. The first-order valence-electron chi connectivity index (χ1n) is 13.4. The number of rotatable bonds is 7. The van der Waals surface area contributed by atoms with Gasteiger partial charge in [-0.25, -0.2) is 0 Å². The number of hydrogen-bond acceptors (Lipinski definition) is 6. The standard InChI is InChI=1S/C10H22O.C3H6O2.3C3H6O.3C3H6.2CH4.3W/c1-4-5-6-7-8-9-11-10(2)3;1-3(4)5-2;3*1-3(2)4;3*1-3-2;;;;;/h10H,4-9H2,1-3H3;1-2H3;3*1-2H3;3*1-2H3;2*1H4;;;. The van der Waals surface area contributed by atoms with Gasteiger partial charge in [0.15, 0.2) is 0 Å². The number of unbranched alkanes of at least 4 members (excludes halogenated alkanes) is 4. The molecule has 0 aliphatic heterocycles.